The molecule has 3 N–H and O–H groups in total. The lowest BCUT2D eigenvalue weighted by Crippen LogP contribution is -2.51. The second-order valence-corrected chi connectivity index (χ2v) is 7.85. The van der Waals surface area contributed by atoms with Gasteiger partial charge in [0, 0.05) is 22.3 Å². The van der Waals surface area contributed by atoms with Crippen LogP contribution in [0.1, 0.15) is 7.06 Å². The minimum atomic E-state index is -1.38. The highest BCUT2D eigenvalue weighted by Gasteiger charge is 2.30. The Morgan fingerprint density at radius 1 is 1.57 bits per heavy atom. The summed E-state index contributed by atoms with van der Waals surface area (Å²) >= 11 is 3.24. The number of rotatable bonds is 4. The Hall–Kier alpha value is -1.16. The fraction of sp³-hybridized carbons (Fsp3) is 0.500. The normalized spacial score (nSPS) is 22.7. The standard InChI is InChI=1S/C12H16BrN2O5Si/c1-21(2)10-6(4-13)14-12(19)15(11(10)18)9-3-7(17)8(5-16)20-9/h3,7-8,16-17H,4-5H2,1-2H3,(H,14,19)/t7-,8+/m0/s1/i3D. The van der Waals surface area contributed by atoms with Gasteiger partial charge in [-0.1, -0.05) is 29.0 Å². The van der Waals surface area contributed by atoms with Crippen LogP contribution in [-0.4, -0.2) is 47.4 Å². The summed E-state index contributed by atoms with van der Waals surface area (Å²) in [5.74, 6) is -0.330. The average Bonchev–Trinajstić information content (AvgIpc) is 2.74. The van der Waals surface area contributed by atoms with E-state index in [1.165, 1.54) is 0 Å². The molecule has 115 valence electrons. The molecule has 1 aromatic heterocycles. The Balaban J connectivity index is 2.71. The number of nitrogens with zero attached hydrogens (tertiary/aromatic N) is 1. The molecule has 1 aliphatic heterocycles. The Morgan fingerprint density at radius 2 is 2.24 bits per heavy atom. The molecule has 0 amide bonds. The van der Waals surface area contributed by atoms with Crippen LogP contribution in [-0.2, 0) is 10.1 Å². The molecular weight excluding hydrogens is 360 g/mol. The fourth-order valence-corrected chi connectivity index (χ4v) is 4.07. The van der Waals surface area contributed by atoms with Crippen LogP contribution in [0.4, 0.5) is 0 Å². The lowest BCUT2D eigenvalue weighted by molar-refractivity contribution is 0.0252. The highest BCUT2D eigenvalue weighted by Crippen LogP contribution is 2.19. The van der Waals surface area contributed by atoms with Crippen molar-refractivity contribution < 1.29 is 16.3 Å². The lowest BCUT2D eigenvalue weighted by atomic mass is 10.2. The first-order valence-electron chi connectivity index (χ1n) is 6.74. The molecule has 0 unspecified atom stereocenters. The third kappa shape index (κ3) is 2.91. The quantitative estimate of drug-likeness (QED) is 0.459. The maximum atomic E-state index is 12.7. The molecule has 2 heterocycles. The molecule has 2 rings (SSSR count). The first-order chi connectivity index (χ1) is 10.3. The zero-order chi connectivity index (χ0) is 16.6. The fourth-order valence-electron chi connectivity index (χ4n) is 2.10. The molecule has 0 aromatic carbocycles. The summed E-state index contributed by atoms with van der Waals surface area (Å²) in [5, 5.41) is 19.7. The van der Waals surface area contributed by atoms with E-state index < -0.39 is 44.9 Å². The van der Waals surface area contributed by atoms with Gasteiger partial charge in [0.2, 0.25) is 5.88 Å². The summed E-state index contributed by atoms with van der Waals surface area (Å²) in [6, 6.07) is -0.398. The minimum absolute atomic E-state index is 0.330. The van der Waals surface area contributed by atoms with Gasteiger partial charge < -0.3 is 19.9 Å². The monoisotopic (exact) mass is 376 g/mol. The number of nitrogens with one attached hydrogen (secondary N) is 1. The molecular formula is C12H16BrN2O5Si. The number of halogens is 1. The van der Waals surface area contributed by atoms with E-state index in [1.54, 1.807) is 0 Å². The van der Waals surface area contributed by atoms with Gasteiger partial charge in [0.1, 0.15) is 6.10 Å². The van der Waals surface area contributed by atoms with Gasteiger partial charge >= 0.3 is 5.69 Å². The van der Waals surface area contributed by atoms with Gasteiger partial charge in [0.25, 0.3) is 5.56 Å². The predicted molar refractivity (Wildman–Crippen MR) is 83.3 cm³/mol. The summed E-state index contributed by atoms with van der Waals surface area (Å²) in [7, 11) is -1.19. The molecule has 7 nitrogen and oxygen atoms in total. The molecule has 0 saturated heterocycles. The molecule has 0 bridgehead atoms. The zero-order valence-electron chi connectivity index (χ0n) is 12.5. The lowest BCUT2D eigenvalue weighted by Gasteiger charge is -2.15. The molecule has 21 heavy (non-hydrogen) atoms. The molecule has 0 fully saturated rings. The van der Waals surface area contributed by atoms with Crippen LogP contribution in [0.15, 0.2) is 15.6 Å². The van der Waals surface area contributed by atoms with E-state index in [0.717, 1.165) is 4.57 Å². The molecule has 0 saturated carbocycles. The third-order valence-electron chi connectivity index (χ3n) is 3.08. The highest BCUT2D eigenvalue weighted by atomic mass is 79.9. The van der Waals surface area contributed by atoms with Gasteiger partial charge in [-0.2, -0.15) is 4.57 Å². The summed E-state index contributed by atoms with van der Waals surface area (Å²) in [4.78, 5) is 27.4. The van der Waals surface area contributed by atoms with Crippen LogP contribution >= 0.6 is 15.9 Å². The molecule has 0 aliphatic carbocycles. The van der Waals surface area contributed by atoms with Crippen LogP contribution in [0.25, 0.3) is 5.88 Å². The van der Waals surface area contributed by atoms with Crippen LogP contribution in [0.5, 0.6) is 0 Å². The van der Waals surface area contributed by atoms with Crippen molar-refractivity contribution in [3.05, 3.63) is 32.6 Å². The number of aliphatic hydroxyl groups excluding tert-OH is 2. The van der Waals surface area contributed by atoms with E-state index in [9.17, 15) is 14.7 Å². The van der Waals surface area contributed by atoms with Crippen molar-refractivity contribution >= 4 is 35.8 Å². The van der Waals surface area contributed by atoms with Gasteiger partial charge in [0.15, 0.2) is 6.10 Å². The molecule has 1 aromatic rings. The van der Waals surface area contributed by atoms with E-state index in [4.69, 9.17) is 11.2 Å². The summed E-state index contributed by atoms with van der Waals surface area (Å²) in [5.41, 5.74) is -0.783. The molecule has 2 atom stereocenters. The van der Waals surface area contributed by atoms with Crippen molar-refractivity contribution in [1.29, 1.82) is 0 Å². The third-order valence-corrected chi connectivity index (χ3v) is 5.16. The summed E-state index contributed by atoms with van der Waals surface area (Å²) in [6.07, 6.45) is -2.43. The van der Waals surface area contributed by atoms with E-state index in [1.807, 2.05) is 13.1 Å². The first-order valence-corrected chi connectivity index (χ1v) is 9.87. The van der Waals surface area contributed by atoms with Gasteiger partial charge in [-0.25, -0.2) is 4.79 Å². The van der Waals surface area contributed by atoms with Gasteiger partial charge in [-0.05, 0) is 0 Å². The number of H-pyrrole nitrogens is 1. The second-order valence-electron chi connectivity index (χ2n) is 4.79. The minimum Gasteiger partial charge on any atom is -0.470 e. The molecule has 9 heteroatoms. The van der Waals surface area contributed by atoms with Crippen molar-refractivity contribution in [2.45, 2.75) is 30.6 Å². The van der Waals surface area contributed by atoms with E-state index in [2.05, 4.69) is 20.9 Å². The summed E-state index contributed by atoms with van der Waals surface area (Å²) < 4.78 is 13.8. The van der Waals surface area contributed by atoms with Crippen molar-refractivity contribution in [3.63, 3.8) is 0 Å². The van der Waals surface area contributed by atoms with Crippen LogP contribution < -0.4 is 16.4 Å². The van der Waals surface area contributed by atoms with Crippen LogP contribution in [0.2, 0.25) is 13.1 Å². The number of aliphatic hydroxyl groups is 2. The number of hydrogen-bond acceptors (Lipinski definition) is 5. The Bertz CT molecular complexity index is 729. The van der Waals surface area contributed by atoms with E-state index >= 15 is 0 Å². The maximum absolute atomic E-state index is 12.7. The van der Waals surface area contributed by atoms with Crippen molar-refractivity contribution in [2.24, 2.45) is 0 Å². The van der Waals surface area contributed by atoms with Crippen molar-refractivity contribution in [2.75, 3.05) is 6.61 Å². The predicted octanol–water partition coefficient (Wildman–Crippen LogP) is -1.06. The molecule has 0 spiro atoms. The zero-order valence-corrected chi connectivity index (χ0v) is 14.1. The number of hydrogen-bond donors (Lipinski definition) is 3. The Kier molecular flexibility index (Phi) is 4.43. The number of ether oxygens (including phenoxy) is 1. The van der Waals surface area contributed by atoms with Gasteiger partial charge in [-0.3, -0.25) is 4.79 Å². The first kappa shape index (κ1) is 14.8. The largest absolute Gasteiger partial charge is 0.470 e. The van der Waals surface area contributed by atoms with Crippen LogP contribution in [0, 0.1) is 0 Å². The maximum Gasteiger partial charge on any atom is 0.335 e. The van der Waals surface area contributed by atoms with Crippen molar-refractivity contribution in [1.82, 2.24) is 9.55 Å². The smallest absolute Gasteiger partial charge is 0.335 e. The van der Waals surface area contributed by atoms with E-state index in [-0.39, 0.29) is 5.88 Å². The van der Waals surface area contributed by atoms with Crippen molar-refractivity contribution in [3.8, 4) is 0 Å². The number of aromatic amines is 1. The average molecular weight is 377 g/mol. The Labute approximate surface area is 132 Å². The highest BCUT2D eigenvalue weighted by molar-refractivity contribution is 9.08. The molecule has 1 radical (unpaired) electrons. The Morgan fingerprint density at radius 3 is 2.71 bits per heavy atom. The topological polar surface area (TPSA) is 105 Å². The van der Waals surface area contributed by atoms with Gasteiger partial charge in [-0.15, -0.1) is 0 Å². The number of aromatic nitrogens is 2. The van der Waals surface area contributed by atoms with Crippen LogP contribution in [0.3, 0.4) is 0 Å². The number of alkyl halides is 1. The SMILES string of the molecule is [2H]C1=C(n2c(=O)[nH]c(CBr)c([Si](C)C)c2=O)O[C@H](CO)[C@H]1O. The van der Waals surface area contributed by atoms with Gasteiger partial charge in [0.05, 0.1) is 16.8 Å². The van der Waals surface area contributed by atoms with E-state index in [0.29, 0.717) is 16.2 Å². The second kappa shape index (κ2) is 6.30. The summed E-state index contributed by atoms with van der Waals surface area (Å²) in [6.45, 7) is 3.29. The molecule has 1 aliphatic rings.